The number of hydrogen-bond donors (Lipinski definition) is 0. The van der Waals surface area contributed by atoms with Gasteiger partial charge >= 0.3 is 0 Å². The van der Waals surface area contributed by atoms with Crippen LogP contribution >= 0.6 is 0 Å². The second-order valence-electron chi connectivity index (χ2n) is 7.22. The van der Waals surface area contributed by atoms with Crippen LogP contribution in [0.2, 0.25) is 0 Å². The summed E-state index contributed by atoms with van der Waals surface area (Å²) >= 11 is 0. The van der Waals surface area contributed by atoms with Crippen LogP contribution in [-0.2, 0) is 9.53 Å². The van der Waals surface area contributed by atoms with Gasteiger partial charge in [0.05, 0.1) is 12.0 Å². The molecule has 2 heteroatoms. The third kappa shape index (κ3) is 0.919. The van der Waals surface area contributed by atoms with E-state index in [4.69, 9.17) is 4.74 Å². The zero-order valence-electron chi connectivity index (χ0n) is 11.0. The van der Waals surface area contributed by atoms with Crippen molar-refractivity contribution in [3.63, 3.8) is 0 Å². The number of carbonyl (C=O) groups is 1. The van der Waals surface area contributed by atoms with Gasteiger partial charge in [-0.1, -0.05) is 34.6 Å². The Kier molecular flexibility index (Phi) is 1.72. The Morgan fingerprint density at radius 3 is 2.44 bits per heavy atom. The maximum atomic E-state index is 12.1. The predicted molar refractivity (Wildman–Crippen MR) is 62.1 cm³/mol. The zero-order chi connectivity index (χ0) is 11.9. The van der Waals surface area contributed by atoms with Gasteiger partial charge in [-0.05, 0) is 23.2 Å². The third-order valence-electron chi connectivity index (χ3n) is 5.95. The molecule has 3 rings (SSSR count). The van der Waals surface area contributed by atoms with E-state index in [-0.39, 0.29) is 22.3 Å². The lowest BCUT2D eigenvalue weighted by Crippen LogP contribution is -2.54. The van der Waals surface area contributed by atoms with Crippen LogP contribution < -0.4 is 0 Å². The van der Waals surface area contributed by atoms with Crippen molar-refractivity contribution in [1.82, 2.24) is 0 Å². The molecule has 2 aliphatic carbocycles. The average molecular weight is 222 g/mol. The number of Topliss-reactive ketones (excluding diaryl/α,β-unsaturated/α-hetero) is 1. The first kappa shape index (κ1) is 10.8. The van der Waals surface area contributed by atoms with Crippen molar-refractivity contribution in [1.29, 1.82) is 0 Å². The van der Waals surface area contributed by atoms with Gasteiger partial charge in [-0.3, -0.25) is 4.79 Å². The number of ether oxygens (including phenoxy) is 1. The van der Waals surface area contributed by atoms with Crippen molar-refractivity contribution in [2.75, 3.05) is 0 Å². The molecule has 3 aliphatic rings. The standard InChI is InChI=1S/C14H22O2/c1-8-12(2,3)10-9(15)6-7-14(10)11(16-14)13(8,4)5/h8,10-11H,6-7H2,1-5H3. The Bertz CT molecular complexity index is 369. The molecule has 2 nitrogen and oxygen atoms in total. The molecule has 3 fully saturated rings. The smallest absolute Gasteiger partial charge is 0.139 e. The van der Waals surface area contributed by atoms with E-state index in [9.17, 15) is 4.79 Å². The second kappa shape index (κ2) is 2.55. The monoisotopic (exact) mass is 222 g/mol. The van der Waals surface area contributed by atoms with Crippen LogP contribution in [0.1, 0.15) is 47.5 Å². The van der Waals surface area contributed by atoms with E-state index in [1.807, 2.05) is 0 Å². The molecule has 0 N–H and O–H groups in total. The van der Waals surface area contributed by atoms with Crippen molar-refractivity contribution >= 4 is 5.78 Å². The molecular weight excluding hydrogens is 200 g/mol. The molecule has 2 saturated carbocycles. The van der Waals surface area contributed by atoms with E-state index < -0.39 is 0 Å². The van der Waals surface area contributed by atoms with Crippen LogP contribution in [0.4, 0.5) is 0 Å². The largest absolute Gasteiger partial charge is 0.365 e. The highest BCUT2D eigenvalue weighted by Gasteiger charge is 2.78. The third-order valence-corrected chi connectivity index (χ3v) is 5.95. The minimum atomic E-state index is -0.0728. The Hall–Kier alpha value is -0.370. The molecule has 4 atom stereocenters. The first-order valence-corrected chi connectivity index (χ1v) is 6.45. The van der Waals surface area contributed by atoms with Crippen LogP contribution in [0.25, 0.3) is 0 Å². The number of ketones is 1. The summed E-state index contributed by atoms with van der Waals surface area (Å²) in [7, 11) is 0. The number of rotatable bonds is 0. The number of carbonyl (C=O) groups excluding carboxylic acids is 1. The maximum absolute atomic E-state index is 12.1. The van der Waals surface area contributed by atoms with Crippen molar-refractivity contribution in [3.05, 3.63) is 0 Å². The molecule has 0 aromatic carbocycles. The van der Waals surface area contributed by atoms with Crippen molar-refractivity contribution < 1.29 is 9.53 Å². The lowest BCUT2D eigenvalue weighted by atomic mass is 9.51. The van der Waals surface area contributed by atoms with Gasteiger partial charge in [0.2, 0.25) is 0 Å². The molecule has 16 heavy (non-hydrogen) atoms. The Morgan fingerprint density at radius 2 is 1.81 bits per heavy atom. The van der Waals surface area contributed by atoms with E-state index in [1.165, 1.54) is 0 Å². The van der Waals surface area contributed by atoms with E-state index in [0.29, 0.717) is 17.8 Å². The van der Waals surface area contributed by atoms with E-state index in [0.717, 1.165) is 12.8 Å². The molecule has 0 aromatic rings. The summed E-state index contributed by atoms with van der Waals surface area (Å²) in [5.41, 5.74) is 0.200. The van der Waals surface area contributed by atoms with Gasteiger partial charge in [-0.15, -0.1) is 0 Å². The minimum Gasteiger partial charge on any atom is -0.365 e. The summed E-state index contributed by atoms with van der Waals surface area (Å²) in [6.45, 7) is 11.4. The SMILES string of the molecule is CC1C(C)(C)C2OC23CCC(=O)C3C1(C)C. The topological polar surface area (TPSA) is 29.6 Å². The van der Waals surface area contributed by atoms with Crippen LogP contribution in [-0.4, -0.2) is 17.5 Å². The number of epoxide rings is 1. The summed E-state index contributed by atoms with van der Waals surface area (Å²) in [6, 6.07) is 0. The fraction of sp³-hybridized carbons (Fsp3) is 0.929. The van der Waals surface area contributed by atoms with Gasteiger partial charge in [0, 0.05) is 6.42 Å². The van der Waals surface area contributed by atoms with Gasteiger partial charge in [0.15, 0.2) is 0 Å². The zero-order valence-corrected chi connectivity index (χ0v) is 11.0. The fourth-order valence-electron chi connectivity index (χ4n) is 4.74. The van der Waals surface area contributed by atoms with Crippen LogP contribution in [0.3, 0.4) is 0 Å². The van der Waals surface area contributed by atoms with Crippen molar-refractivity contribution in [2.45, 2.75) is 59.2 Å². The van der Waals surface area contributed by atoms with Crippen LogP contribution in [0.15, 0.2) is 0 Å². The number of hydrogen-bond acceptors (Lipinski definition) is 2. The molecule has 1 heterocycles. The van der Waals surface area contributed by atoms with Crippen molar-refractivity contribution in [2.24, 2.45) is 22.7 Å². The fourth-order valence-corrected chi connectivity index (χ4v) is 4.74. The van der Waals surface area contributed by atoms with Gasteiger partial charge in [-0.2, -0.15) is 0 Å². The van der Waals surface area contributed by atoms with Gasteiger partial charge in [-0.25, -0.2) is 0 Å². The van der Waals surface area contributed by atoms with Crippen LogP contribution in [0, 0.1) is 22.7 Å². The minimum absolute atomic E-state index is 0.0728. The quantitative estimate of drug-likeness (QED) is 0.590. The molecule has 1 aliphatic heterocycles. The molecule has 0 radical (unpaired) electrons. The second-order valence-corrected chi connectivity index (χ2v) is 7.22. The molecule has 0 aromatic heterocycles. The summed E-state index contributed by atoms with van der Waals surface area (Å²) in [5.74, 6) is 1.11. The summed E-state index contributed by atoms with van der Waals surface area (Å²) in [4.78, 5) is 12.1. The Labute approximate surface area is 97.7 Å². The molecular formula is C14H22O2. The van der Waals surface area contributed by atoms with Gasteiger partial charge in [0.1, 0.15) is 11.4 Å². The molecule has 0 bridgehead atoms. The van der Waals surface area contributed by atoms with Gasteiger partial charge in [0.25, 0.3) is 0 Å². The molecule has 1 saturated heterocycles. The highest BCUT2D eigenvalue weighted by Crippen LogP contribution is 2.70. The van der Waals surface area contributed by atoms with Crippen LogP contribution in [0.5, 0.6) is 0 Å². The Balaban J connectivity index is 2.11. The lowest BCUT2D eigenvalue weighted by Gasteiger charge is -2.50. The average Bonchev–Trinajstić information content (AvgIpc) is 2.79. The van der Waals surface area contributed by atoms with E-state index in [1.54, 1.807) is 0 Å². The molecule has 1 spiro atoms. The highest BCUT2D eigenvalue weighted by molar-refractivity contribution is 5.87. The summed E-state index contributed by atoms with van der Waals surface area (Å²) in [5, 5.41) is 0. The summed E-state index contributed by atoms with van der Waals surface area (Å²) < 4.78 is 6.06. The van der Waals surface area contributed by atoms with E-state index in [2.05, 4.69) is 34.6 Å². The summed E-state index contributed by atoms with van der Waals surface area (Å²) in [6.07, 6.45) is 2.01. The molecule has 4 unspecified atom stereocenters. The highest BCUT2D eigenvalue weighted by atomic mass is 16.6. The first-order chi connectivity index (χ1) is 7.24. The maximum Gasteiger partial charge on any atom is 0.139 e. The Morgan fingerprint density at radius 1 is 1.19 bits per heavy atom. The van der Waals surface area contributed by atoms with Crippen molar-refractivity contribution in [3.8, 4) is 0 Å². The normalized spacial score (nSPS) is 52.1. The molecule has 90 valence electrons. The van der Waals surface area contributed by atoms with E-state index >= 15 is 0 Å². The van der Waals surface area contributed by atoms with Gasteiger partial charge < -0.3 is 4.74 Å². The first-order valence-electron chi connectivity index (χ1n) is 6.45. The lowest BCUT2D eigenvalue weighted by molar-refractivity contribution is -0.129. The molecule has 0 amide bonds. The predicted octanol–water partition coefficient (Wildman–Crippen LogP) is 2.81.